The van der Waals surface area contributed by atoms with Gasteiger partial charge in [0, 0.05) is 42.3 Å². The molecule has 0 aliphatic rings. The Labute approximate surface area is 153 Å². The highest BCUT2D eigenvalue weighted by Gasteiger charge is 2.13. The summed E-state index contributed by atoms with van der Waals surface area (Å²) >= 11 is 1.42. The van der Waals surface area contributed by atoms with E-state index in [1.165, 1.54) is 11.3 Å². The Hall–Kier alpha value is -3.26. The number of amides is 1. The van der Waals surface area contributed by atoms with Crippen molar-refractivity contribution in [2.75, 3.05) is 5.32 Å². The normalized spacial score (nSPS) is 10.8. The third kappa shape index (κ3) is 3.55. The molecule has 3 aromatic heterocycles. The van der Waals surface area contributed by atoms with Gasteiger partial charge in [0.25, 0.3) is 5.91 Å². The molecule has 0 spiro atoms. The lowest BCUT2D eigenvalue weighted by atomic mass is 10.2. The van der Waals surface area contributed by atoms with E-state index in [0.29, 0.717) is 12.2 Å². The average molecular weight is 364 g/mol. The second kappa shape index (κ2) is 6.93. The molecule has 1 N–H and O–H groups in total. The van der Waals surface area contributed by atoms with Gasteiger partial charge in [-0.3, -0.25) is 14.2 Å². The summed E-state index contributed by atoms with van der Waals surface area (Å²) in [5, 5.41) is 13.8. The third-order valence-electron chi connectivity index (χ3n) is 3.78. The number of benzene rings is 1. The molecule has 4 rings (SSSR count). The number of aryl methyl sites for hydroxylation is 1. The van der Waals surface area contributed by atoms with Crippen molar-refractivity contribution in [2.24, 2.45) is 7.05 Å². The predicted molar refractivity (Wildman–Crippen MR) is 100 cm³/mol. The molecule has 0 saturated carbocycles. The Morgan fingerprint density at radius 1 is 1.27 bits per heavy atom. The molecular weight excluding hydrogens is 348 g/mol. The SMILES string of the molecule is Cn1cc(-c2nc(C(=O)Nc3cccc(Cn4cccn4)c3)cs2)cn1. The quantitative estimate of drug-likeness (QED) is 0.590. The van der Waals surface area contributed by atoms with Crippen molar-refractivity contribution in [3.63, 3.8) is 0 Å². The van der Waals surface area contributed by atoms with Crippen LogP contribution in [0.5, 0.6) is 0 Å². The van der Waals surface area contributed by atoms with E-state index in [1.807, 2.05) is 54.5 Å². The number of hydrogen-bond acceptors (Lipinski definition) is 5. The van der Waals surface area contributed by atoms with Crippen molar-refractivity contribution in [2.45, 2.75) is 6.54 Å². The van der Waals surface area contributed by atoms with E-state index in [9.17, 15) is 4.79 Å². The standard InChI is InChI=1S/C18H16N6OS/c1-23-11-14(9-20-23)18-22-16(12-26-18)17(25)21-15-5-2-4-13(8-15)10-24-7-3-6-19-24/h2-9,11-12H,10H2,1H3,(H,21,25). The smallest absolute Gasteiger partial charge is 0.275 e. The molecule has 0 aliphatic heterocycles. The number of carbonyl (C=O) groups is 1. The lowest BCUT2D eigenvalue weighted by Crippen LogP contribution is -2.12. The van der Waals surface area contributed by atoms with Crippen LogP contribution in [0, 0.1) is 0 Å². The van der Waals surface area contributed by atoms with Crippen molar-refractivity contribution < 1.29 is 4.79 Å². The van der Waals surface area contributed by atoms with Gasteiger partial charge in [-0.25, -0.2) is 4.98 Å². The van der Waals surface area contributed by atoms with Crippen LogP contribution in [0.3, 0.4) is 0 Å². The monoisotopic (exact) mass is 364 g/mol. The third-order valence-corrected chi connectivity index (χ3v) is 4.67. The van der Waals surface area contributed by atoms with Gasteiger partial charge in [-0.2, -0.15) is 10.2 Å². The first-order chi connectivity index (χ1) is 12.7. The van der Waals surface area contributed by atoms with Crippen LogP contribution >= 0.6 is 11.3 Å². The first kappa shape index (κ1) is 16.2. The Bertz CT molecular complexity index is 1030. The highest BCUT2D eigenvalue weighted by Crippen LogP contribution is 2.23. The number of aromatic nitrogens is 5. The molecule has 1 aromatic carbocycles. The molecule has 1 amide bonds. The number of nitrogens with zero attached hydrogens (tertiary/aromatic N) is 5. The second-order valence-corrected chi connectivity index (χ2v) is 6.66. The minimum Gasteiger partial charge on any atom is -0.321 e. The van der Waals surface area contributed by atoms with Gasteiger partial charge in [0.2, 0.25) is 0 Å². The highest BCUT2D eigenvalue weighted by molar-refractivity contribution is 7.13. The van der Waals surface area contributed by atoms with E-state index in [0.717, 1.165) is 21.8 Å². The van der Waals surface area contributed by atoms with Crippen LogP contribution in [-0.2, 0) is 13.6 Å². The van der Waals surface area contributed by atoms with Crippen LogP contribution in [0.4, 0.5) is 5.69 Å². The summed E-state index contributed by atoms with van der Waals surface area (Å²) in [7, 11) is 1.85. The molecule has 7 nitrogen and oxygen atoms in total. The largest absolute Gasteiger partial charge is 0.321 e. The van der Waals surface area contributed by atoms with Crippen molar-refractivity contribution in [3.05, 3.63) is 71.8 Å². The molecular formula is C18H16N6OS. The molecule has 0 aliphatic carbocycles. The number of nitrogens with one attached hydrogen (secondary N) is 1. The summed E-state index contributed by atoms with van der Waals surface area (Å²) in [5.41, 5.74) is 3.08. The molecule has 0 atom stereocenters. The Balaban J connectivity index is 1.47. The fourth-order valence-corrected chi connectivity index (χ4v) is 3.34. The van der Waals surface area contributed by atoms with Crippen LogP contribution in [0.15, 0.2) is 60.5 Å². The van der Waals surface area contributed by atoms with Gasteiger partial charge in [-0.05, 0) is 23.8 Å². The fourth-order valence-electron chi connectivity index (χ4n) is 2.57. The summed E-state index contributed by atoms with van der Waals surface area (Å²) in [6.45, 7) is 0.651. The lowest BCUT2D eigenvalue weighted by molar-refractivity contribution is 0.102. The zero-order chi connectivity index (χ0) is 17.9. The van der Waals surface area contributed by atoms with Gasteiger partial charge in [-0.1, -0.05) is 12.1 Å². The maximum atomic E-state index is 12.5. The average Bonchev–Trinajstić information content (AvgIpc) is 3.36. The zero-order valence-electron chi connectivity index (χ0n) is 14.0. The van der Waals surface area contributed by atoms with Crippen molar-refractivity contribution in [1.29, 1.82) is 0 Å². The molecule has 8 heteroatoms. The van der Waals surface area contributed by atoms with E-state index in [4.69, 9.17) is 0 Å². The zero-order valence-corrected chi connectivity index (χ0v) is 14.8. The molecule has 26 heavy (non-hydrogen) atoms. The van der Waals surface area contributed by atoms with Crippen LogP contribution in [-0.4, -0.2) is 30.5 Å². The van der Waals surface area contributed by atoms with E-state index < -0.39 is 0 Å². The van der Waals surface area contributed by atoms with E-state index in [-0.39, 0.29) is 5.91 Å². The van der Waals surface area contributed by atoms with Crippen molar-refractivity contribution in [3.8, 4) is 10.6 Å². The number of hydrogen-bond donors (Lipinski definition) is 1. The minimum absolute atomic E-state index is 0.229. The van der Waals surface area contributed by atoms with Crippen LogP contribution in [0.1, 0.15) is 16.1 Å². The van der Waals surface area contributed by atoms with Gasteiger partial charge in [0.1, 0.15) is 10.7 Å². The maximum absolute atomic E-state index is 12.5. The molecule has 4 aromatic rings. The molecule has 0 fully saturated rings. The summed E-state index contributed by atoms with van der Waals surface area (Å²) < 4.78 is 3.54. The maximum Gasteiger partial charge on any atom is 0.275 e. The summed E-state index contributed by atoms with van der Waals surface area (Å²) in [6, 6.07) is 9.60. The fraction of sp³-hybridized carbons (Fsp3) is 0.111. The topological polar surface area (TPSA) is 77.6 Å². The van der Waals surface area contributed by atoms with Crippen LogP contribution in [0.2, 0.25) is 0 Å². The van der Waals surface area contributed by atoms with Gasteiger partial charge in [0.05, 0.1) is 12.7 Å². The Morgan fingerprint density at radius 2 is 2.19 bits per heavy atom. The predicted octanol–water partition coefficient (Wildman–Crippen LogP) is 3.04. The molecule has 0 bridgehead atoms. The first-order valence-electron chi connectivity index (χ1n) is 8.00. The Morgan fingerprint density at radius 3 is 2.96 bits per heavy atom. The van der Waals surface area contributed by atoms with E-state index >= 15 is 0 Å². The van der Waals surface area contributed by atoms with Crippen LogP contribution < -0.4 is 5.32 Å². The second-order valence-electron chi connectivity index (χ2n) is 5.80. The highest BCUT2D eigenvalue weighted by atomic mass is 32.1. The minimum atomic E-state index is -0.229. The van der Waals surface area contributed by atoms with Crippen molar-refractivity contribution >= 4 is 22.9 Å². The number of thiazole rings is 1. The van der Waals surface area contributed by atoms with E-state index in [2.05, 4.69) is 20.5 Å². The molecule has 0 saturated heterocycles. The van der Waals surface area contributed by atoms with Gasteiger partial charge < -0.3 is 5.32 Å². The molecule has 130 valence electrons. The first-order valence-corrected chi connectivity index (χ1v) is 8.87. The summed E-state index contributed by atoms with van der Waals surface area (Å²) in [6.07, 6.45) is 7.26. The van der Waals surface area contributed by atoms with Gasteiger partial charge in [0.15, 0.2) is 0 Å². The summed E-state index contributed by atoms with van der Waals surface area (Å²) in [5.74, 6) is -0.229. The molecule has 3 heterocycles. The van der Waals surface area contributed by atoms with Gasteiger partial charge >= 0.3 is 0 Å². The van der Waals surface area contributed by atoms with Gasteiger partial charge in [-0.15, -0.1) is 11.3 Å². The number of rotatable bonds is 5. The lowest BCUT2D eigenvalue weighted by Gasteiger charge is -2.07. The molecule has 0 radical (unpaired) electrons. The number of anilines is 1. The van der Waals surface area contributed by atoms with Crippen LogP contribution in [0.25, 0.3) is 10.6 Å². The number of carbonyl (C=O) groups excluding carboxylic acids is 1. The van der Waals surface area contributed by atoms with E-state index in [1.54, 1.807) is 22.5 Å². The summed E-state index contributed by atoms with van der Waals surface area (Å²) in [4.78, 5) is 16.9. The Kier molecular flexibility index (Phi) is 4.32. The van der Waals surface area contributed by atoms with Crippen molar-refractivity contribution in [1.82, 2.24) is 24.5 Å². The molecule has 0 unspecified atom stereocenters.